The Balaban J connectivity index is 2.41. The summed E-state index contributed by atoms with van der Waals surface area (Å²) in [5.74, 6) is 5.79. The van der Waals surface area contributed by atoms with Crippen molar-refractivity contribution in [3.05, 3.63) is 0 Å². The molecule has 13 heavy (non-hydrogen) atoms. The number of rotatable bonds is 0. The van der Waals surface area contributed by atoms with E-state index in [1.807, 2.05) is 4.90 Å². The Hall–Kier alpha value is -0.970. The van der Waals surface area contributed by atoms with E-state index in [0.717, 1.165) is 13.1 Å². The minimum atomic E-state index is -0.0250. The van der Waals surface area contributed by atoms with E-state index in [-0.39, 0.29) is 5.91 Å². The maximum Gasteiger partial charge on any atom is 0.298 e. The molecule has 2 nitrogen and oxygen atoms in total. The lowest BCUT2D eigenvalue weighted by molar-refractivity contribution is -0.133. The average Bonchev–Trinajstić information content (AvgIpc) is 1.79. The molecular weight excluding hydrogens is 162 g/mol. The number of hydrogen-bond acceptors (Lipinski definition) is 1. The molecule has 2 heteroatoms. The van der Waals surface area contributed by atoms with Crippen LogP contribution in [-0.4, -0.2) is 23.9 Å². The van der Waals surface area contributed by atoms with Gasteiger partial charge in [0.2, 0.25) is 0 Å². The predicted octanol–water partition coefficient (Wildman–Crippen LogP) is 1.51. The summed E-state index contributed by atoms with van der Waals surface area (Å²) in [7, 11) is 0. The van der Waals surface area contributed by atoms with Gasteiger partial charge in [-0.05, 0) is 24.2 Å². The van der Waals surface area contributed by atoms with Gasteiger partial charge in [0.05, 0.1) is 0 Å². The molecule has 0 aromatic carbocycles. The first-order valence-corrected chi connectivity index (χ1v) is 4.67. The quantitative estimate of drug-likeness (QED) is 0.516. The summed E-state index contributed by atoms with van der Waals surface area (Å²) in [6, 6.07) is 0. The first kappa shape index (κ1) is 10.1. The Labute approximate surface area is 80.3 Å². The maximum absolute atomic E-state index is 11.3. The fourth-order valence-corrected chi connectivity index (χ4v) is 1.38. The summed E-state index contributed by atoms with van der Waals surface area (Å²) in [5.41, 5.74) is 0.316. The molecule has 72 valence electrons. The third kappa shape index (κ3) is 2.24. The second kappa shape index (κ2) is 3.41. The molecule has 0 unspecified atom stereocenters. The van der Waals surface area contributed by atoms with Crippen LogP contribution in [0.4, 0.5) is 0 Å². The third-order valence-electron chi connectivity index (χ3n) is 2.63. The first-order valence-electron chi connectivity index (χ1n) is 4.67. The van der Waals surface area contributed by atoms with Gasteiger partial charge in [0.1, 0.15) is 0 Å². The van der Waals surface area contributed by atoms with Crippen molar-refractivity contribution in [3.63, 3.8) is 0 Å². The van der Waals surface area contributed by atoms with Gasteiger partial charge in [-0.1, -0.05) is 26.7 Å². The zero-order chi connectivity index (χ0) is 10.1. The molecule has 0 saturated carbocycles. The Kier molecular flexibility index (Phi) is 2.66. The summed E-state index contributed by atoms with van der Waals surface area (Å²) >= 11 is 0. The zero-order valence-corrected chi connectivity index (χ0v) is 8.85. The second-order valence-electron chi connectivity index (χ2n) is 4.65. The van der Waals surface area contributed by atoms with Gasteiger partial charge in [-0.25, -0.2) is 0 Å². The van der Waals surface area contributed by atoms with Crippen molar-refractivity contribution in [2.75, 3.05) is 13.1 Å². The highest BCUT2D eigenvalue weighted by molar-refractivity contribution is 5.93. The predicted molar refractivity (Wildman–Crippen MR) is 53.0 cm³/mol. The molecule has 0 spiro atoms. The molecule has 0 aliphatic carbocycles. The van der Waals surface area contributed by atoms with E-state index in [1.54, 1.807) is 6.92 Å². The van der Waals surface area contributed by atoms with E-state index < -0.39 is 0 Å². The SMILES string of the molecule is CC#CC(=O)N1CC(C(C)(C)C)C1. The van der Waals surface area contributed by atoms with Crippen LogP contribution in [0, 0.1) is 23.2 Å². The fraction of sp³-hybridized carbons (Fsp3) is 0.727. The first-order chi connectivity index (χ1) is 5.95. The van der Waals surface area contributed by atoms with Gasteiger partial charge in [-0.3, -0.25) is 4.79 Å². The molecule has 0 radical (unpaired) electrons. The Morgan fingerprint density at radius 2 is 1.92 bits per heavy atom. The van der Waals surface area contributed by atoms with Gasteiger partial charge < -0.3 is 4.90 Å². The van der Waals surface area contributed by atoms with Crippen molar-refractivity contribution in [2.24, 2.45) is 11.3 Å². The summed E-state index contributed by atoms with van der Waals surface area (Å²) in [6.07, 6.45) is 0. The van der Waals surface area contributed by atoms with Crippen molar-refractivity contribution in [1.29, 1.82) is 0 Å². The smallest absolute Gasteiger partial charge is 0.298 e. The minimum absolute atomic E-state index is 0.0250. The molecule has 1 amide bonds. The second-order valence-corrected chi connectivity index (χ2v) is 4.65. The maximum atomic E-state index is 11.3. The normalized spacial score (nSPS) is 17.4. The molecule has 0 atom stereocenters. The van der Waals surface area contributed by atoms with Crippen LogP contribution in [0.2, 0.25) is 0 Å². The molecule has 0 aromatic rings. The van der Waals surface area contributed by atoms with Gasteiger partial charge in [0.25, 0.3) is 5.91 Å². The van der Waals surface area contributed by atoms with E-state index in [4.69, 9.17) is 0 Å². The average molecular weight is 179 g/mol. The van der Waals surface area contributed by atoms with Gasteiger partial charge in [-0.15, -0.1) is 0 Å². The molecule has 1 saturated heterocycles. The Morgan fingerprint density at radius 1 is 1.38 bits per heavy atom. The van der Waals surface area contributed by atoms with Crippen LogP contribution in [-0.2, 0) is 4.79 Å². The number of carbonyl (C=O) groups excluding carboxylic acids is 1. The van der Waals surface area contributed by atoms with Crippen molar-refractivity contribution in [1.82, 2.24) is 4.90 Å². The van der Waals surface area contributed by atoms with Crippen LogP contribution in [0.15, 0.2) is 0 Å². The number of carbonyl (C=O) groups is 1. The summed E-state index contributed by atoms with van der Waals surface area (Å²) in [5, 5.41) is 0. The lowest BCUT2D eigenvalue weighted by Crippen LogP contribution is -2.54. The monoisotopic (exact) mass is 179 g/mol. The van der Waals surface area contributed by atoms with Crippen LogP contribution in [0.1, 0.15) is 27.7 Å². The summed E-state index contributed by atoms with van der Waals surface area (Å²) in [6.45, 7) is 10.1. The largest absolute Gasteiger partial charge is 0.331 e. The van der Waals surface area contributed by atoms with Crippen LogP contribution in [0.3, 0.4) is 0 Å². The van der Waals surface area contributed by atoms with Gasteiger partial charge in [0.15, 0.2) is 0 Å². The minimum Gasteiger partial charge on any atom is -0.331 e. The molecule has 1 fully saturated rings. The molecule has 1 aliphatic heterocycles. The molecule has 0 bridgehead atoms. The number of amides is 1. The van der Waals surface area contributed by atoms with Gasteiger partial charge >= 0.3 is 0 Å². The Morgan fingerprint density at radius 3 is 2.31 bits per heavy atom. The lowest BCUT2D eigenvalue weighted by atomic mass is 9.76. The van der Waals surface area contributed by atoms with Crippen LogP contribution in [0.5, 0.6) is 0 Å². The van der Waals surface area contributed by atoms with E-state index >= 15 is 0 Å². The molecular formula is C11H17NO. The van der Waals surface area contributed by atoms with Crippen molar-refractivity contribution in [2.45, 2.75) is 27.7 Å². The number of nitrogens with zero attached hydrogens (tertiary/aromatic N) is 1. The molecule has 1 rings (SSSR count). The van der Waals surface area contributed by atoms with E-state index in [1.165, 1.54) is 0 Å². The van der Waals surface area contributed by atoms with Gasteiger partial charge in [0, 0.05) is 13.1 Å². The van der Waals surface area contributed by atoms with Crippen molar-refractivity contribution < 1.29 is 4.79 Å². The zero-order valence-electron chi connectivity index (χ0n) is 8.85. The molecule has 1 heterocycles. The molecule has 0 N–H and O–H groups in total. The van der Waals surface area contributed by atoms with E-state index in [0.29, 0.717) is 11.3 Å². The standard InChI is InChI=1S/C11H17NO/c1-5-6-10(13)12-7-9(8-12)11(2,3)4/h9H,7-8H2,1-4H3. The van der Waals surface area contributed by atoms with Crippen LogP contribution in [0.25, 0.3) is 0 Å². The third-order valence-corrected chi connectivity index (χ3v) is 2.63. The van der Waals surface area contributed by atoms with Crippen LogP contribution < -0.4 is 0 Å². The lowest BCUT2D eigenvalue weighted by Gasteiger charge is -2.45. The van der Waals surface area contributed by atoms with E-state index in [2.05, 4.69) is 32.6 Å². The van der Waals surface area contributed by atoms with Crippen molar-refractivity contribution in [3.8, 4) is 11.8 Å². The highest BCUT2D eigenvalue weighted by atomic mass is 16.2. The highest BCUT2D eigenvalue weighted by Gasteiger charge is 2.37. The van der Waals surface area contributed by atoms with Crippen molar-refractivity contribution >= 4 is 5.91 Å². The number of hydrogen-bond donors (Lipinski definition) is 0. The Bertz CT molecular complexity index is 258. The molecule has 0 aromatic heterocycles. The fourth-order valence-electron chi connectivity index (χ4n) is 1.38. The number of likely N-dealkylation sites (tertiary alicyclic amines) is 1. The summed E-state index contributed by atoms with van der Waals surface area (Å²) in [4.78, 5) is 13.1. The molecule has 1 aliphatic rings. The highest BCUT2D eigenvalue weighted by Crippen LogP contribution is 2.33. The van der Waals surface area contributed by atoms with E-state index in [9.17, 15) is 4.79 Å². The van der Waals surface area contributed by atoms with Crippen LogP contribution >= 0.6 is 0 Å². The topological polar surface area (TPSA) is 20.3 Å². The summed E-state index contributed by atoms with van der Waals surface area (Å²) < 4.78 is 0. The van der Waals surface area contributed by atoms with Gasteiger partial charge in [-0.2, -0.15) is 0 Å².